The molecule has 3 N–H and O–H groups in total. The second-order valence-corrected chi connectivity index (χ2v) is 5.53. The van der Waals surface area contributed by atoms with E-state index < -0.39 is 24.4 Å². The van der Waals surface area contributed by atoms with Crippen LogP contribution in [0.15, 0.2) is 0 Å². The summed E-state index contributed by atoms with van der Waals surface area (Å²) in [6.45, 7) is 5.84. The molecule has 0 aromatic carbocycles. The fraction of sp³-hybridized carbons (Fsp3) is 0.917. The van der Waals surface area contributed by atoms with E-state index in [0.29, 0.717) is 0 Å². The van der Waals surface area contributed by atoms with Gasteiger partial charge in [0.15, 0.2) is 0 Å². The lowest BCUT2D eigenvalue weighted by atomic mass is 10.2. The number of nitrogens with two attached hydrogens (primary N) is 1. The number of rotatable bonds is 2. The Morgan fingerprint density at radius 1 is 1.20 bits per heavy atom. The minimum absolute atomic E-state index is 0.453. The second-order valence-electron chi connectivity index (χ2n) is 5.53. The zero-order chi connectivity index (χ0) is 15.8. The van der Waals surface area contributed by atoms with Gasteiger partial charge in [-0.2, -0.15) is 13.2 Å². The summed E-state index contributed by atoms with van der Waals surface area (Å²) in [4.78, 5) is 10.0. The van der Waals surface area contributed by atoms with Crippen LogP contribution >= 0.6 is 0 Å². The fourth-order valence-corrected chi connectivity index (χ4v) is 1.56. The number of carbonyl (C=O) groups is 1. The molecule has 0 spiro atoms. The van der Waals surface area contributed by atoms with E-state index in [0.717, 1.165) is 32.4 Å². The first-order valence-corrected chi connectivity index (χ1v) is 6.53. The highest BCUT2D eigenvalue weighted by Gasteiger charge is 2.27. The highest BCUT2D eigenvalue weighted by Crippen LogP contribution is 2.13. The molecule has 5 nitrogen and oxygen atoms in total. The number of nitrogens with one attached hydrogen (secondary N) is 1. The van der Waals surface area contributed by atoms with Crippen molar-refractivity contribution in [2.75, 3.05) is 19.6 Å². The number of halogens is 3. The van der Waals surface area contributed by atoms with Crippen LogP contribution < -0.4 is 11.2 Å². The van der Waals surface area contributed by atoms with Gasteiger partial charge in [0, 0.05) is 13.1 Å². The minimum Gasteiger partial charge on any atom is -0.444 e. The number of hydrogen-bond acceptors (Lipinski definition) is 4. The van der Waals surface area contributed by atoms with Crippen molar-refractivity contribution in [1.82, 2.24) is 10.4 Å². The Kier molecular flexibility index (Phi) is 7.88. The van der Waals surface area contributed by atoms with E-state index in [9.17, 15) is 18.0 Å². The van der Waals surface area contributed by atoms with Crippen molar-refractivity contribution in [2.45, 2.75) is 51.8 Å². The molecule has 0 aliphatic carbocycles. The van der Waals surface area contributed by atoms with Crippen molar-refractivity contribution in [3.8, 4) is 0 Å². The molecular formula is C12H24F3N3O2. The Morgan fingerprint density at radius 3 is 2.00 bits per heavy atom. The Balaban J connectivity index is 0.000000396. The normalized spacial score (nSPS) is 17.1. The Bertz CT molecular complexity index is 285. The van der Waals surface area contributed by atoms with Crippen LogP contribution in [0.2, 0.25) is 0 Å². The lowest BCUT2D eigenvalue weighted by Gasteiger charge is -2.27. The average Bonchev–Trinajstić information content (AvgIpc) is 2.24. The fourth-order valence-electron chi connectivity index (χ4n) is 1.56. The Hall–Kier alpha value is -1.02. The summed E-state index contributed by atoms with van der Waals surface area (Å²) < 4.78 is 39.7. The number of hydrogen-bond donors (Lipinski definition) is 2. The van der Waals surface area contributed by atoms with Crippen LogP contribution in [-0.4, -0.2) is 42.5 Å². The van der Waals surface area contributed by atoms with Gasteiger partial charge in [-0.25, -0.2) is 15.2 Å². The van der Waals surface area contributed by atoms with Crippen LogP contribution in [0.25, 0.3) is 0 Å². The molecule has 1 saturated heterocycles. The number of nitrogens with zero attached hydrogens (tertiary/aromatic N) is 1. The molecule has 0 aromatic rings. The van der Waals surface area contributed by atoms with Crippen molar-refractivity contribution < 1.29 is 22.7 Å². The van der Waals surface area contributed by atoms with Gasteiger partial charge in [-0.1, -0.05) is 6.42 Å². The maximum Gasteiger partial charge on any atom is 0.405 e. The first-order valence-electron chi connectivity index (χ1n) is 6.53. The minimum atomic E-state index is -4.10. The lowest BCUT2D eigenvalue weighted by molar-refractivity contribution is -0.135. The molecule has 8 heteroatoms. The van der Waals surface area contributed by atoms with Crippen molar-refractivity contribution >= 4 is 6.09 Å². The summed E-state index contributed by atoms with van der Waals surface area (Å²) >= 11 is 0. The van der Waals surface area contributed by atoms with E-state index in [2.05, 4.69) is 10.2 Å². The van der Waals surface area contributed by atoms with E-state index in [4.69, 9.17) is 5.73 Å². The standard InChI is InChI=1S/C7H13F3N2.C5H11NO2/c8-7(9,10)6-11-12-4-2-1-3-5-12;1-5(2,3)8-4(6)7/h11H,1-6H2;1-3H3,(H2,6,7). The molecule has 0 bridgehead atoms. The average molecular weight is 299 g/mol. The number of ether oxygens (including phenoxy) is 1. The predicted octanol–water partition coefficient (Wildman–Crippen LogP) is 2.42. The number of alkyl halides is 3. The highest BCUT2D eigenvalue weighted by atomic mass is 19.4. The highest BCUT2D eigenvalue weighted by molar-refractivity contribution is 5.65. The molecule has 1 aliphatic heterocycles. The number of hydrazine groups is 1. The van der Waals surface area contributed by atoms with Gasteiger partial charge in [0.1, 0.15) is 12.1 Å². The molecule has 0 atom stereocenters. The molecule has 1 amide bonds. The molecule has 20 heavy (non-hydrogen) atoms. The quantitative estimate of drug-likeness (QED) is 0.821. The Morgan fingerprint density at radius 2 is 1.70 bits per heavy atom. The van der Waals surface area contributed by atoms with Crippen molar-refractivity contribution in [3.05, 3.63) is 0 Å². The van der Waals surface area contributed by atoms with Gasteiger partial charge >= 0.3 is 12.3 Å². The molecule has 0 unspecified atom stereocenters. The van der Waals surface area contributed by atoms with E-state index in [1.54, 1.807) is 25.8 Å². The smallest absolute Gasteiger partial charge is 0.405 e. The zero-order valence-corrected chi connectivity index (χ0v) is 12.2. The SMILES string of the molecule is CC(C)(C)OC(N)=O.FC(F)(F)CNN1CCCCC1. The van der Waals surface area contributed by atoms with Gasteiger partial charge in [-0.3, -0.25) is 0 Å². The summed E-state index contributed by atoms with van der Waals surface area (Å²) in [6, 6.07) is 0. The first kappa shape index (κ1) is 19.0. The molecule has 0 saturated carbocycles. The molecule has 0 aromatic heterocycles. The molecule has 1 aliphatic rings. The first-order chi connectivity index (χ1) is 8.99. The number of amides is 1. The third kappa shape index (κ3) is 13.4. The van der Waals surface area contributed by atoms with Crippen LogP contribution in [0.3, 0.4) is 0 Å². The summed E-state index contributed by atoms with van der Waals surface area (Å²) in [5.41, 5.74) is 6.63. The van der Waals surface area contributed by atoms with Crippen LogP contribution in [0.4, 0.5) is 18.0 Å². The van der Waals surface area contributed by atoms with Crippen LogP contribution in [0.1, 0.15) is 40.0 Å². The van der Waals surface area contributed by atoms with Gasteiger partial charge in [0.25, 0.3) is 0 Å². The van der Waals surface area contributed by atoms with Gasteiger partial charge in [-0.15, -0.1) is 0 Å². The topological polar surface area (TPSA) is 67.6 Å². The summed E-state index contributed by atoms with van der Waals surface area (Å²) in [5, 5.41) is 1.65. The van der Waals surface area contributed by atoms with Crippen molar-refractivity contribution in [3.63, 3.8) is 0 Å². The zero-order valence-electron chi connectivity index (χ0n) is 12.2. The van der Waals surface area contributed by atoms with Crippen molar-refractivity contribution in [2.24, 2.45) is 5.73 Å². The molecule has 1 fully saturated rings. The van der Waals surface area contributed by atoms with Crippen LogP contribution in [0.5, 0.6) is 0 Å². The molecular weight excluding hydrogens is 275 g/mol. The predicted molar refractivity (Wildman–Crippen MR) is 69.9 cm³/mol. The number of piperidine rings is 1. The van der Waals surface area contributed by atoms with Gasteiger partial charge in [0.2, 0.25) is 0 Å². The molecule has 0 radical (unpaired) electrons. The van der Waals surface area contributed by atoms with Gasteiger partial charge < -0.3 is 10.5 Å². The molecule has 120 valence electrons. The summed E-state index contributed by atoms with van der Waals surface area (Å²) in [7, 11) is 0. The number of carbonyl (C=O) groups excluding carboxylic acids is 1. The number of primary amides is 1. The van der Waals surface area contributed by atoms with E-state index >= 15 is 0 Å². The summed E-state index contributed by atoms with van der Waals surface area (Å²) in [6.07, 6.45) is -1.71. The largest absolute Gasteiger partial charge is 0.444 e. The van der Waals surface area contributed by atoms with Gasteiger partial charge in [0.05, 0.1) is 0 Å². The maximum atomic E-state index is 11.7. The van der Waals surface area contributed by atoms with Crippen molar-refractivity contribution in [1.29, 1.82) is 0 Å². The van der Waals surface area contributed by atoms with Crippen LogP contribution in [-0.2, 0) is 4.74 Å². The third-order valence-corrected chi connectivity index (χ3v) is 2.27. The maximum absolute atomic E-state index is 11.7. The monoisotopic (exact) mass is 299 g/mol. The second kappa shape index (κ2) is 8.31. The lowest BCUT2D eigenvalue weighted by Crippen LogP contribution is -2.45. The van der Waals surface area contributed by atoms with E-state index in [1.165, 1.54) is 0 Å². The van der Waals surface area contributed by atoms with Gasteiger partial charge in [-0.05, 0) is 33.6 Å². The van der Waals surface area contributed by atoms with Crippen LogP contribution in [0, 0.1) is 0 Å². The van der Waals surface area contributed by atoms with E-state index in [1.807, 2.05) is 0 Å². The third-order valence-electron chi connectivity index (χ3n) is 2.27. The van der Waals surface area contributed by atoms with E-state index in [-0.39, 0.29) is 0 Å². The molecule has 1 rings (SSSR count). The Labute approximate surface area is 117 Å². The molecule has 1 heterocycles. The summed E-state index contributed by atoms with van der Waals surface area (Å²) in [5.74, 6) is 0.